The van der Waals surface area contributed by atoms with Crippen LogP contribution >= 0.6 is 11.6 Å². The van der Waals surface area contributed by atoms with Crippen molar-refractivity contribution in [1.82, 2.24) is 0 Å². The van der Waals surface area contributed by atoms with Crippen LogP contribution in [0.5, 0.6) is 0 Å². The van der Waals surface area contributed by atoms with Crippen LogP contribution in [-0.2, 0) is 11.2 Å². The van der Waals surface area contributed by atoms with Gasteiger partial charge in [-0.05, 0) is 31.9 Å². The molecule has 0 fully saturated rings. The van der Waals surface area contributed by atoms with E-state index in [1.54, 1.807) is 0 Å². The lowest BCUT2D eigenvalue weighted by Crippen LogP contribution is -2.32. The monoisotopic (exact) mass is 253 g/mol. The van der Waals surface area contributed by atoms with Crippen molar-refractivity contribution in [2.75, 3.05) is 11.2 Å². The lowest BCUT2D eigenvalue weighted by Gasteiger charge is -2.21. The number of hydrogen-bond acceptors (Lipinski definition) is 1. The quantitative estimate of drug-likeness (QED) is 0.794. The molecule has 17 heavy (non-hydrogen) atoms. The molecule has 0 heterocycles. The smallest absolute Gasteiger partial charge is 0.231 e. The normalized spacial score (nSPS) is 11.3. The summed E-state index contributed by atoms with van der Waals surface area (Å²) in [6.07, 6.45) is 2.03. The van der Waals surface area contributed by atoms with Gasteiger partial charge in [0.05, 0.1) is 5.41 Å². The molecule has 0 radical (unpaired) electrons. The number of anilines is 1. The number of aryl methyl sites for hydroxylation is 1. The molecule has 0 spiro atoms. The van der Waals surface area contributed by atoms with E-state index in [1.165, 1.54) is 5.56 Å². The second-order valence-electron chi connectivity index (χ2n) is 4.88. The summed E-state index contributed by atoms with van der Waals surface area (Å²) in [5, 5.41) is 2.96. The van der Waals surface area contributed by atoms with E-state index >= 15 is 0 Å². The molecule has 3 heteroatoms. The first-order valence-corrected chi connectivity index (χ1v) is 6.50. The van der Waals surface area contributed by atoms with Crippen LogP contribution in [0.4, 0.5) is 5.69 Å². The van der Waals surface area contributed by atoms with E-state index in [2.05, 4.69) is 12.2 Å². The van der Waals surface area contributed by atoms with E-state index < -0.39 is 5.41 Å². The van der Waals surface area contributed by atoms with Crippen LogP contribution in [-0.4, -0.2) is 11.8 Å². The molecule has 1 aromatic rings. The molecule has 1 amide bonds. The second kappa shape index (κ2) is 6.06. The van der Waals surface area contributed by atoms with Gasteiger partial charge in [0, 0.05) is 11.6 Å². The van der Waals surface area contributed by atoms with Crippen LogP contribution in [0.25, 0.3) is 0 Å². The standard InChI is InChI=1S/C14H20ClNO/c1-4-7-11-8-5-6-9-12(11)16-13(17)14(2,3)10-15/h5-6,8-9H,4,7,10H2,1-3H3,(H,16,17). The first-order chi connectivity index (χ1) is 8.01. The van der Waals surface area contributed by atoms with Crippen LogP contribution in [0.3, 0.4) is 0 Å². The van der Waals surface area contributed by atoms with E-state index in [9.17, 15) is 4.79 Å². The molecule has 0 saturated carbocycles. The minimum absolute atomic E-state index is 0.0314. The first-order valence-electron chi connectivity index (χ1n) is 5.96. The third-order valence-electron chi connectivity index (χ3n) is 2.73. The summed E-state index contributed by atoms with van der Waals surface area (Å²) in [4.78, 5) is 12.0. The fraction of sp³-hybridized carbons (Fsp3) is 0.500. The maximum Gasteiger partial charge on any atom is 0.231 e. The van der Waals surface area contributed by atoms with E-state index in [0.29, 0.717) is 5.88 Å². The van der Waals surface area contributed by atoms with Crippen molar-refractivity contribution >= 4 is 23.2 Å². The molecular weight excluding hydrogens is 234 g/mol. The first kappa shape index (κ1) is 14.0. The Morgan fingerprint density at radius 1 is 1.35 bits per heavy atom. The Kier molecular flexibility index (Phi) is 5.01. The summed E-state index contributed by atoms with van der Waals surface area (Å²) < 4.78 is 0. The SMILES string of the molecule is CCCc1ccccc1NC(=O)C(C)(C)CCl. The largest absolute Gasteiger partial charge is 0.325 e. The van der Waals surface area contributed by atoms with Gasteiger partial charge in [-0.25, -0.2) is 0 Å². The van der Waals surface area contributed by atoms with Crippen LogP contribution in [0.2, 0.25) is 0 Å². The number of hydrogen-bond donors (Lipinski definition) is 1. The van der Waals surface area contributed by atoms with Crippen LogP contribution in [0.15, 0.2) is 24.3 Å². The van der Waals surface area contributed by atoms with Gasteiger partial charge in [-0.15, -0.1) is 11.6 Å². The summed E-state index contributed by atoms with van der Waals surface area (Å²) in [5.41, 5.74) is 1.53. The molecule has 0 atom stereocenters. The Bertz CT molecular complexity index is 388. The molecule has 1 N–H and O–H groups in total. The minimum atomic E-state index is -0.541. The van der Waals surface area contributed by atoms with Gasteiger partial charge in [0.2, 0.25) is 5.91 Å². The highest BCUT2D eigenvalue weighted by molar-refractivity contribution is 6.20. The van der Waals surface area contributed by atoms with Crippen molar-refractivity contribution in [2.45, 2.75) is 33.6 Å². The number of amides is 1. The maximum atomic E-state index is 12.0. The van der Waals surface area contributed by atoms with Gasteiger partial charge in [-0.3, -0.25) is 4.79 Å². The van der Waals surface area contributed by atoms with Crippen LogP contribution in [0, 0.1) is 5.41 Å². The number of nitrogens with one attached hydrogen (secondary N) is 1. The van der Waals surface area contributed by atoms with Gasteiger partial charge >= 0.3 is 0 Å². The third kappa shape index (κ3) is 3.74. The Labute approximate surface area is 108 Å². The van der Waals surface area contributed by atoms with E-state index in [4.69, 9.17) is 11.6 Å². The van der Waals surface area contributed by atoms with Gasteiger partial charge in [-0.1, -0.05) is 31.5 Å². The molecule has 0 unspecified atom stereocenters. The molecular formula is C14H20ClNO. The van der Waals surface area contributed by atoms with Gasteiger partial charge in [-0.2, -0.15) is 0 Å². The molecule has 0 aliphatic heterocycles. The van der Waals surface area contributed by atoms with Crippen LogP contribution < -0.4 is 5.32 Å². The van der Waals surface area contributed by atoms with E-state index in [1.807, 2.05) is 38.1 Å². The summed E-state index contributed by atoms with van der Waals surface area (Å²) >= 11 is 5.79. The Balaban J connectivity index is 2.84. The zero-order chi connectivity index (χ0) is 12.9. The van der Waals surface area contributed by atoms with Gasteiger partial charge in [0.1, 0.15) is 0 Å². The van der Waals surface area contributed by atoms with Gasteiger partial charge < -0.3 is 5.32 Å². The Hall–Kier alpha value is -1.02. The number of carbonyl (C=O) groups excluding carboxylic acids is 1. The molecule has 0 aliphatic carbocycles. The lowest BCUT2D eigenvalue weighted by molar-refractivity contribution is -0.122. The van der Waals surface area contributed by atoms with Crippen molar-refractivity contribution in [3.8, 4) is 0 Å². The highest BCUT2D eigenvalue weighted by atomic mass is 35.5. The second-order valence-corrected chi connectivity index (χ2v) is 5.15. The summed E-state index contributed by atoms with van der Waals surface area (Å²) in [6.45, 7) is 5.82. The molecule has 0 saturated heterocycles. The number of benzene rings is 1. The summed E-state index contributed by atoms with van der Waals surface area (Å²) in [5.74, 6) is 0.283. The number of alkyl halides is 1. The van der Waals surface area contributed by atoms with Crippen molar-refractivity contribution in [2.24, 2.45) is 5.41 Å². The Morgan fingerprint density at radius 2 is 2.00 bits per heavy atom. The zero-order valence-electron chi connectivity index (χ0n) is 10.7. The van der Waals surface area contributed by atoms with Crippen molar-refractivity contribution < 1.29 is 4.79 Å². The van der Waals surface area contributed by atoms with Gasteiger partial charge in [0.25, 0.3) is 0 Å². The Morgan fingerprint density at radius 3 is 2.59 bits per heavy atom. The number of carbonyl (C=O) groups is 1. The van der Waals surface area contributed by atoms with Crippen molar-refractivity contribution in [3.05, 3.63) is 29.8 Å². The van der Waals surface area contributed by atoms with Crippen molar-refractivity contribution in [1.29, 1.82) is 0 Å². The van der Waals surface area contributed by atoms with E-state index in [-0.39, 0.29) is 5.91 Å². The minimum Gasteiger partial charge on any atom is -0.325 e. The molecule has 1 aromatic carbocycles. The molecule has 0 bridgehead atoms. The third-order valence-corrected chi connectivity index (χ3v) is 3.40. The fourth-order valence-corrected chi connectivity index (χ4v) is 1.60. The molecule has 0 aromatic heterocycles. The molecule has 0 aliphatic rings. The highest BCUT2D eigenvalue weighted by Gasteiger charge is 2.26. The number of para-hydroxylation sites is 1. The number of rotatable bonds is 5. The fourth-order valence-electron chi connectivity index (χ4n) is 1.48. The number of halogens is 1. The summed E-state index contributed by atoms with van der Waals surface area (Å²) in [6, 6.07) is 7.91. The maximum absolute atomic E-state index is 12.0. The summed E-state index contributed by atoms with van der Waals surface area (Å²) in [7, 11) is 0. The predicted molar refractivity (Wildman–Crippen MR) is 73.6 cm³/mol. The van der Waals surface area contributed by atoms with E-state index in [0.717, 1.165) is 18.5 Å². The molecule has 94 valence electrons. The average molecular weight is 254 g/mol. The van der Waals surface area contributed by atoms with Crippen molar-refractivity contribution in [3.63, 3.8) is 0 Å². The average Bonchev–Trinajstić information content (AvgIpc) is 2.32. The van der Waals surface area contributed by atoms with Crippen LogP contribution in [0.1, 0.15) is 32.8 Å². The highest BCUT2D eigenvalue weighted by Crippen LogP contribution is 2.22. The zero-order valence-corrected chi connectivity index (χ0v) is 11.5. The molecule has 1 rings (SSSR count). The molecule has 2 nitrogen and oxygen atoms in total. The van der Waals surface area contributed by atoms with Gasteiger partial charge in [0.15, 0.2) is 0 Å². The predicted octanol–water partition coefficient (Wildman–Crippen LogP) is 3.84. The topological polar surface area (TPSA) is 29.1 Å². The lowest BCUT2D eigenvalue weighted by atomic mass is 9.95.